The average molecular weight is 480 g/mol. The Morgan fingerprint density at radius 2 is 1.94 bits per heavy atom. The van der Waals surface area contributed by atoms with E-state index < -0.39 is 29.6 Å². The highest BCUT2D eigenvalue weighted by atomic mass is 16.6. The Kier molecular flexibility index (Phi) is 8.13. The standard InChI is InChI=1S/C26H41NO7/c1-15-17(13-22(30)33-12-11-27-5)7-8-18-23(15)19(29)14-20-25(18,3)10-9-21(34-16(2)28)26(20,4)24(31)32-6/h13,15,18-21,23,27,29H,7-12,14H2,1-6H3/b17-13+. The fourth-order valence-electron chi connectivity index (χ4n) is 7.42. The van der Waals surface area contributed by atoms with Crippen LogP contribution in [0.15, 0.2) is 11.6 Å². The minimum absolute atomic E-state index is 0.0152. The van der Waals surface area contributed by atoms with Crippen molar-refractivity contribution in [2.45, 2.75) is 72.0 Å². The SMILES string of the molecule is CNCCOC(=O)/C=C1\CCC2C(C(O)CC3C2(C)CCC(OC(C)=O)C3(C)C(=O)OC)C1C. The minimum atomic E-state index is -1.03. The van der Waals surface area contributed by atoms with Crippen LogP contribution < -0.4 is 5.32 Å². The topological polar surface area (TPSA) is 111 Å². The third-order valence-corrected chi connectivity index (χ3v) is 9.11. The van der Waals surface area contributed by atoms with Gasteiger partial charge in [0.05, 0.1) is 13.2 Å². The zero-order valence-corrected chi connectivity index (χ0v) is 21.4. The molecule has 0 heterocycles. The van der Waals surface area contributed by atoms with Gasteiger partial charge in [-0.2, -0.15) is 0 Å². The fraction of sp³-hybridized carbons (Fsp3) is 0.808. The van der Waals surface area contributed by atoms with Crippen LogP contribution in [0.3, 0.4) is 0 Å². The lowest BCUT2D eigenvalue weighted by molar-refractivity contribution is -0.218. The van der Waals surface area contributed by atoms with E-state index in [9.17, 15) is 19.5 Å². The van der Waals surface area contributed by atoms with Crippen molar-refractivity contribution in [1.82, 2.24) is 5.32 Å². The number of aliphatic hydroxyl groups excluding tert-OH is 1. The third kappa shape index (κ3) is 4.63. The molecule has 8 unspecified atom stereocenters. The Balaban J connectivity index is 1.89. The summed E-state index contributed by atoms with van der Waals surface area (Å²) >= 11 is 0. The Labute approximate surface area is 202 Å². The number of fused-ring (bicyclic) bond motifs is 3. The van der Waals surface area contributed by atoms with Crippen LogP contribution in [-0.4, -0.2) is 62.5 Å². The summed E-state index contributed by atoms with van der Waals surface area (Å²) < 4.78 is 16.1. The highest BCUT2D eigenvalue weighted by Crippen LogP contribution is 2.65. The van der Waals surface area contributed by atoms with Crippen LogP contribution in [0.25, 0.3) is 0 Å². The summed E-state index contributed by atoms with van der Waals surface area (Å²) in [5.74, 6) is -1.15. The normalized spacial score (nSPS) is 40.6. The molecule has 3 aliphatic carbocycles. The predicted octanol–water partition coefficient (Wildman–Crippen LogP) is 2.63. The number of ether oxygens (including phenoxy) is 3. The van der Waals surface area contributed by atoms with Crippen LogP contribution >= 0.6 is 0 Å². The lowest BCUT2D eigenvalue weighted by Crippen LogP contribution is -2.64. The maximum atomic E-state index is 13.1. The second kappa shape index (κ2) is 10.4. The van der Waals surface area contributed by atoms with Crippen molar-refractivity contribution in [1.29, 1.82) is 0 Å². The van der Waals surface area contributed by atoms with Crippen molar-refractivity contribution in [2.75, 3.05) is 27.3 Å². The van der Waals surface area contributed by atoms with Crippen LogP contribution in [0.5, 0.6) is 0 Å². The molecule has 0 aromatic rings. The monoisotopic (exact) mass is 479 g/mol. The maximum Gasteiger partial charge on any atom is 0.330 e. The van der Waals surface area contributed by atoms with Gasteiger partial charge in [0.2, 0.25) is 0 Å². The van der Waals surface area contributed by atoms with Gasteiger partial charge in [0.15, 0.2) is 0 Å². The minimum Gasteiger partial charge on any atom is -0.468 e. The first-order valence-electron chi connectivity index (χ1n) is 12.5. The zero-order chi connectivity index (χ0) is 25.3. The number of carbonyl (C=O) groups is 3. The van der Waals surface area contributed by atoms with Gasteiger partial charge in [0.1, 0.15) is 18.1 Å². The van der Waals surface area contributed by atoms with Crippen molar-refractivity contribution in [2.24, 2.45) is 34.5 Å². The molecule has 3 rings (SSSR count). The first-order valence-corrected chi connectivity index (χ1v) is 12.5. The van der Waals surface area contributed by atoms with Gasteiger partial charge in [-0.15, -0.1) is 0 Å². The smallest absolute Gasteiger partial charge is 0.330 e. The number of rotatable bonds is 6. The lowest BCUT2D eigenvalue weighted by Gasteiger charge is -2.63. The van der Waals surface area contributed by atoms with Gasteiger partial charge in [0, 0.05) is 19.5 Å². The highest BCUT2D eigenvalue weighted by molar-refractivity contribution is 5.83. The number of allylic oxidation sites excluding steroid dienone is 1. The molecule has 0 aliphatic heterocycles. The van der Waals surface area contributed by atoms with Crippen LogP contribution in [0, 0.1) is 34.5 Å². The second-order valence-corrected chi connectivity index (χ2v) is 10.8. The molecule has 0 aromatic heterocycles. The molecule has 3 aliphatic rings. The van der Waals surface area contributed by atoms with Crippen molar-refractivity contribution in [3.8, 4) is 0 Å². The number of aliphatic hydroxyl groups is 1. The Morgan fingerprint density at radius 1 is 1.24 bits per heavy atom. The molecular formula is C26H41NO7. The molecule has 0 aromatic carbocycles. The van der Waals surface area contributed by atoms with Crippen molar-refractivity contribution < 1.29 is 33.7 Å². The molecule has 8 atom stereocenters. The molecule has 8 nitrogen and oxygen atoms in total. The zero-order valence-electron chi connectivity index (χ0n) is 21.4. The molecule has 0 saturated heterocycles. The Hall–Kier alpha value is -1.93. The van der Waals surface area contributed by atoms with Crippen LogP contribution in [0.4, 0.5) is 0 Å². The van der Waals surface area contributed by atoms with Crippen LogP contribution in [-0.2, 0) is 28.6 Å². The van der Waals surface area contributed by atoms with Gasteiger partial charge in [-0.1, -0.05) is 19.4 Å². The van der Waals surface area contributed by atoms with Gasteiger partial charge < -0.3 is 24.6 Å². The number of carbonyl (C=O) groups excluding carboxylic acids is 3. The Morgan fingerprint density at radius 3 is 2.56 bits per heavy atom. The number of likely N-dealkylation sites (N-methyl/N-ethyl adjacent to an activating group) is 1. The fourth-order valence-corrected chi connectivity index (χ4v) is 7.42. The lowest BCUT2D eigenvalue weighted by atomic mass is 9.42. The van der Waals surface area contributed by atoms with E-state index in [2.05, 4.69) is 19.2 Å². The van der Waals surface area contributed by atoms with Gasteiger partial charge in [-0.3, -0.25) is 9.59 Å². The van der Waals surface area contributed by atoms with E-state index in [0.29, 0.717) is 26.0 Å². The first-order chi connectivity index (χ1) is 16.0. The van der Waals surface area contributed by atoms with E-state index in [-0.39, 0.29) is 35.1 Å². The second-order valence-electron chi connectivity index (χ2n) is 10.8. The van der Waals surface area contributed by atoms with Crippen LogP contribution in [0.1, 0.15) is 59.8 Å². The summed E-state index contributed by atoms with van der Waals surface area (Å²) in [4.78, 5) is 37.3. The molecule has 0 amide bonds. The summed E-state index contributed by atoms with van der Waals surface area (Å²) in [5, 5.41) is 14.3. The quantitative estimate of drug-likeness (QED) is 0.259. The Bertz CT molecular complexity index is 826. The molecular weight excluding hydrogens is 438 g/mol. The van der Waals surface area contributed by atoms with Gasteiger partial charge in [0.25, 0.3) is 0 Å². The molecule has 192 valence electrons. The molecule has 0 spiro atoms. The molecule has 0 radical (unpaired) electrons. The summed E-state index contributed by atoms with van der Waals surface area (Å²) in [6, 6.07) is 0. The third-order valence-electron chi connectivity index (χ3n) is 9.11. The molecule has 0 bridgehead atoms. The van der Waals surface area contributed by atoms with Crippen molar-refractivity contribution in [3.63, 3.8) is 0 Å². The molecule has 3 saturated carbocycles. The molecule has 2 N–H and O–H groups in total. The van der Waals surface area contributed by atoms with E-state index in [1.807, 2.05) is 6.92 Å². The number of nitrogens with one attached hydrogen (secondary N) is 1. The van der Waals surface area contributed by atoms with Gasteiger partial charge in [-0.25, -0.2) is 4.79 Å². The van der Waals surface area contributed by atoms with E-state index in [1.165, 1.54) is 14.0 Å². The van der Waals surface area contributed by atoms with E-state index >= 15 is 0 Å². The molecule has 8 heteroatoms. The number of methoxy groups -OCH3 is 1. The summed E-state index contributed by atoms with van der Waals surface area (Å²) in [6.45, 7) is 8.41. The van der Waals surface area contributed by atoms with E-state index in [1.54, 1.807) is 13.1 Å². The van der Waals surface area contributed by atoms with Crippen LogP contribution in [0.2, 0.25) is 0 Å². The summed E-state index contributed by atoms with van der Waals surface area (Å²) in [7, 11) is 3.17. The number of esters is 3. The summed E-state index contributed by atoms with van der Waals surface area (Å²) in [5.41, 5.74) is -0.243. The van der Waals surface area contributed by atoms with Crippen molar-refractivity contribution in [3.05, 3.63) is 11.6 Å². The number of hydrogen-bond donors (Lipinski definition) is 2. The van der Waals surface area contributed by atoms with E-state index in [0.717, 1.165) is 24.8 Å². The predicted molar refractivity (Wildman–Crippen MR) is 125 cm³/mol. The first kappa shape index (κ1) is 26.7. The average Bonchev–Trinajstić information content (AvgIpc) is 2.78. The number of hydrogen-bond acceptors (Lipinski definition) is 8. The highest BCUT2D eigenvalue weighted by Gasteiger charge is 2.66. The summed E-state index contributed by atoms with van der Waals surface area (Å²) in [6.07, 6.45) is 3.76. The van der Waals surface area contributed by atoms with E-state index in [4.69, 9.17) is 14.2 Å². The van der Waals surface area contributed by atoms with Gasteiger partial charge >= 0.3 is 17.9 Å². The largest absolute Gasteiger partial charge is 0.468 e. The van der Waals surface area contributed by atoms with Gasteiger partial charge in [-0.05, 0) is 75.2 Å². The molecule has 34 heavy (non-hydrogen) atoms. The van der Waals surface area contributed by atoms with Crippen molar-refractivity contribution >= 4 is 17.9 Å². The maximum absolute atomic E-state index is 13.1. The molecule has 3 fully saturated rings.